The van der Waals surface area contributed by atoms with Crippen molar-refractivity contribution in [3.63, 3.8) is 0 Å². The van der Waals surface area contributed by atoms with E-state index in [-0.39, 0.29) is 11.6 Å². The van der Waals surface area contributed by atoms with Crippen molar-refractivity contribution in [1.29, 1.82) is 0 Å². The summed E-state index contributed by atoms with van der Waals surface area (Å²) in [5.41, 5.74) is 1.96. The molecule has 0 aliphatic heterocycles. The molecule has 0 spiro atoms. The van der Waals surface area contributed by atoms with Gasteiger partial charge in [0.15, 0.2) is 5.13 Å². The van der Waals surface area contributed by atoms with Crippen molar-refractivity contribution in [2.45, 2.75) is 0 Å². The van der Waals surface area contributed by atoms with E-state index >= 15 is 0 Å². The molecule has 4 aromatic rings. The molecule has 0 aliphatic rings. The zero-order valence-corrected chi connectivity index (χ0v) is 13.7. The van der Waals surface area contributed by atoms with Gasteiger partial charge in [-0.25, -0.2) is 15.0 Å². The van der Waals surface area contributed by atoms with Gasteiger partial charge in [-0.3, -0.25) is 5.32 Å². The fourth-order valence-electron chi connectivity index (χ4n) is 2.39. The highest BCUT2D eigenvalue weighted by molar-refractivity contribution is 7.22. The first-order chi connectivity index (χ1) is 12.2. The molecule has 2 heterocycles. The minimum atomic E-state index is -1.35. The van der Waals surface area contributed by atoms with E-state index in [0.717, 1.165) is 15.8 Å². The van der Waals surface area contributed by atoms with Gasteiger partial charge in [-0.1, -0.05) is 53.8 Å². The number of hydrogen-bond donors (Lipinski definition) is 1. The molecule has 0 saturated carbocycles. The van der Waals surface area contributed by atoms with Gasteiger partial charge in [0.2, 0.25) is 5.95 Å². The lowest BCUT2D eigenvalue weighted by molar-refractivity contribution is -0.255. The molecule has 4 rings (SSSR count). The van der Waals surface area contributed by atoms with Crippen molar-refractivity contribution in [3.8, 4) is 11.3 Å². The summed E-state index contributed by atoms with van der Waals surface area (Å²) < 4.78 is 1.02. The second-order valence-corrected chi connectivity index (χ2v) is 6.26. The summed E-state index contributed by atoms with van der Waals surface area (Å²) in [6.45, 7) is 0. The van der Waals surface area contributed by atoms with Crippen LogP contribution in [0.3, 0.4) is 0 Å². The van der Waals surface area contributed by atoms with Crippen molar-refractivity contribution in [1.82, 2.24) is 15.0 Å². The maximum atomic E-state index is 11.3. The van der Waals surface area contributed by atoms with E-state index in [1.807, 2.05) is 54.6 Å². The number of carbonyl (C=O) groups is 1. The molecule has 0 atom stereocenters. The molecule has 7 heteroatoms. The Morgan fingerprint density at radius 3 is 2.48 bits per heavy atom. The number of aromatic nitrogens is 3. The van der Waals surface area contributed by atoms with E-state index in [4.69, 9.17) is 0 Å². The number of carboxylic acid groups (broad SMARTS) is 1. The molecule has 0 radical (unpaired) electrons. The SMILES string of the molecule is O=C([O-])c1cc(-c2ccccc2)nc(Nc2nc3ccccc3s2)n1. The lowest BCUT2D eigenvalue weighted by atomic mass is 10.1. The molecule has 0 saturated heterocycles. The highest BCUT2D eigenvalue weighted by atomic mass is 32.1. The number of thiazole rings is 1. The molecule has 0 amide bonds. The molecule has 2 aromatic heterocycles. The van der Waals surface area contributed by atoms with Crippen molar-refractivity contribution in [2.75, 3.05) is 5.32 Å². The van der Waals surface area contributed by atoms with E-state index in [1.54, 1.807) is 0 Å². The van der Waals surface area contributed by atoms with Crippen LogP contribution in [0.1, 0.15) is 10.5 Å². The van der Waals surface area contributed by atoms with E-state index in [2.05, 4.69) is 20.3 Å². The van der Waals surface area contributed by atoms with E-state index < -0.39 is 5.97 Å². The number of nitrogens with one attached hydrogen (secondary N) is 1. The van der Waals surface area contributed by atoms with Crippen LogP contribution < -0.4 is 10.4 Å². The maximum absolute atomic E-state index is 11.3. The number of rotatable bonds is 4. The van der Waals surface area contributed by atoms with Crippen LogP contribution in [-0.4, -0.2) is 20.9 Å². The van der Waals surface area contributed by atoms with Crippen LogP contribution in [0.4, 0.5) is 11.1 Å². The molecule has 0 bridgehead atoms. The fraction of sp³-hybridized carbons (Fsp3) is 0. The zero-order valence-electron chi connectivity index (χ0n) is 12.8. The zero-order chi connectivity index (χ0) is 17.2. The molecular weight excluding hydrogens is 336 g/mol. The van der Waals surface area contributed by atoms with Gasteiger partial charge >= 0.3 is 0 Å². The van der Waals surface area contributed by atoms with E-state index in [1.165, 1.54) is 17.4 Å². The number of benzene rings is 2. The Balaban J connectivity index is 1.75. The number of para-hydroxylation sites is 1. The molecule has 1 N–H and O–H groups in total. The highest BCUT2D eigenvalue weighted by Crippen LogP contribution is 2.28. The summed E-state index contributed by atoms with van der Waals surface area (Å²) in [5.74, 6) is -1.19. The third-order valence-electron chi connectivity index (χ3n) is 3.52. The summed E-state index contributed by atoms with van der Waals surface area (Å²) in [6.07, 6.45) is 0. The van der Waals surface area contributed by atoms with Gasteiger partial charge in [0.25, 0.3) is 0 Å². The summed E-state index contributed by atoms with van der Waals surface area (Å²) in [6, 6.07) is 18.4. The van der Waals surface area contributed by atoms with Crippen LogP contribution in [-0.2, 0) is 0 Å². The van der Waals surface area contributed by atoms with Gasteiger partial charge in [0.05, 0.1) is 27.6 Å². The smallest absolute Gasteiger partial charge is 0.230 e. The number of carbonyl (C=O) groups excluding carboxylic acids is 1. The maximum Gasteiger partial charge on any atom is 0.230 e. The molecule has 122 valence electrons. The topological polar surface area (TPSA) is 90.8 Å². The van der Waals surface area contributed by atoms with Gasteiger partial charge in [-0.05, 0) is 18.2 Å². The molecule has 0 fully saturated rings. The third kappa shape index (κ3) is 3.17. The van der Waals surface area contributed by atoms with Gasteiger partial charge in [-0.15, -0.1) is 0 Å². The highest BCUT2D eigenvalue weighted by Gasteiger charge is 2.10. The second kappa shape index (κ2) is 6.29. The quantitative estimate of drug-likeness (QED) is 0.610. The second-order valence-electron chi connectivity index (χ2n) is 5.23. The lowest BCUT2D eigenvalue weighted by Gasteiger charge is -2.09. The number of hydrogen-bond acceptors (Lipinski definition) is 7. The van der Waals surface area contributed by atoms with Gasteiger partial charge in [0, 0.05) is 5.56 Å². The fourth-order valence-corrected chi connectivity index (χ4v) is 3.25. The monoisotopic (exact) mass is 347 g/mol. The first-order valence-corrected chi connectivity index (χ1v) is 8.29. The normalized spacial score (nSPS) is 10.7. The Bertz CT molecular complexity index is 1030. The van der Waals surface area contributed by atoms with Crippen molar-refractivity contribution >= 4 is 38.6 Å². The van der Waals surface area contributed by atoms with Crippen LogP contribution in [0.25, 0.3) is 21.5 Å². The average molecular weight is 347 g/mol. The van der Waals surface area contributed by atoms with Crippen molar-refractivity contribution in [2.24, 2.45) is 0 Å². The lowest BCUT2D eigenvalue weighted by Crippen LogP contribution is -2.24. The first-order valence-electron chi connectivity index (χ1n) is 7.47. The first kappa shape index (κ1) is 15.2. The van der Waals surface area contributed by atoms with Crippen LogP contribution in [0, 0.1) is 0 Å². The number of aromatic carboxylic acids is 1. The number of fused-ring (bicyclic) bond motifs is 1. The van der Waals surface area contributed by atoms with Crippen LogP contribution in [0.15, 0.2) is 60.7 Å². The summed E-state index contributed by atoms with van der Waals surface area (Å²) in [7, 11) is 0. The van der Waals surface area contributed by atoms with Crippen LogP contribution in [0.5, 0.6) is 0 Å². The largest absolute Gasteiger partial charge is 0.543 e. The number of carboxylic acids is 1. The molecule has 25 heavy (non-hydrogen) atoms. The predicted octanol–water partition coefficient (Wildman–Crippen LogP) is 2.86. The minimum absolute atomic E-state index is 0.166. The Labute approximate surface area is 146 Å². The number of nitrogens with zero attached hydrogens (tertiary/aromatic N) is 3. The minimum Gasteiger partial charge on any atom is -0.543 e. The third-order valence-corrected chi connectivity index (χ3v) is 4.47. The summed E-state index contributed by atoms with van der Waals surface area (Å²) in [5, 5.41) is 14.9. The van der Waals surface area contributed by atoms with E-state index in [0.29, 0.717) is 10.8 Å². The molecule has 0 unspecified atom stereocenters. The number of anilines is 2. The summed E-state index contributed by atoms with van der Waals surface area (Å²) >= 11 is 1.44. The van der Waals surface area contributed by atoms with E-state index in [9.17, 15) is 9.90 Å². The Morgan fingerprint density at radius 2 is 1.72 bits per heavy atom. The molecular formula is C18H11N4O2S-. The Morgan fingerprint density at radius 1 is 0.960 bits per heavy atom. The predicted molar refractivity (Wildman–Crippen MR) is 94.7 cm³/mol. The Kier molecular flexibility index (Phi) is 3.83. The molecule has 0 aliphatic carbocycles. The average Bonchev–Trinajstić information content (AvgIpc) is 3.04. The standard InChI is InChI=1S/C18H12N4O2S/c23-16(24)14-10-13(11-6-2-1-3-7-11)19-17(20-14)22-18-21-12-8-4-5-9-15(12)25-18/h1-10H,(H,23,24)(H,19,20,21,22)/p-1. The van der Waals surface area contributed by atoms with Gasteiger partial charge in [-0.2, -0.15) is 0 Å². The molecule has 2 aromatic carbocycles. The summed E-state index contributed by atoms with van der Waals surface area (Å²) in [4.78, 5) is 24.1. The van der Waals surface area contributed by atoms with Gasteiger partial charge < -0.3 is 9.90 Å². The Hall–Kier alpha value is -3.32. The van der Waals surface area contributed by atoms with Crippen LogP contribution >= 0.6 is 11.3 Å². The van der Waals surface area contributed by atoms with Crippen molar-refractivity contribution in [3.05, 3.63) is 66.4 Å². The van der Waals surface area contributed by atoms with Crippen LogP contribution in [0.2, 0.25) is 0 Å². The van der Waals surface area contributed by atoms with Gasteiger partial charge in [0.1, 0.15) is 0 Å². The van der Waals surface area contributed by atoms with Crippen molar-refractivity contribution < 1.29 is 9.90 Å². The molecule has 6 nitrogen and oxygen atoms in total.